The number of aliphatic hydroxyl groups excluding tert-OH is 1. The highest BCUT2D eigenvalue weighted by molar-refractivity contribution is 8.56. The van der Waals surface area contributed by atoms with E-state index in [2.05, 4.69) is 28.8 Å². The van der Waals surface area contributed by atoms with Gasteiger partial charge >= 0.3 is 0 Å². The molecule has 9 nitrogen and oxygen atoms in total. The number of benzene rings is 2. The average Bonchev–Trinajstić information content (AvgIpc) is 2.87. The lowest BCUT2D eigenvalue weighted by molar-refractivity contribution is -0.384. The predicted octanol–water partition coefficient (Wildman–Crippen LogP) is 3.30. The van der Waals surface area contributed by atoms with Crippen LogP contribution in [0.2, 0.25) is 0 Å². The Hall–Kier alpha value is -2.23. The fraction of sp³-hybridized carbons (Fsp3) is 0.440. The molecule has 0 aromatic heterocycles. The molecule has 12 heteroatoms. The van der Waals surface area contributed by atoms with Gasteiger partial charge in [-0.15, -0.1) is 11.6 Å². The molecule has 2 aromatic carbocycles. The maximum Gasteiger partial charge on any atom is 0.270 e. The minimum Gasteiger partial charge on any atom is -0.390 e. The summed E-state index contributed by atoms with van der Waals surface area (Å²) in [6.45, 7) is 6.90. The number of amides is 2. The van der Waals surface area contributed by atoms with Crippen LogP contribution in [0.3, 0.4) is 0 Å². The lowest BCUT2D eigenvalue weighted by Gasteiger charge is -2.32. The molecule has 3 atom stereocenters. The Kier molecular flexibility index (Phi) is 13.3. The van der Waals surface area contributed by atoms with Crippen molar-refractivity contribution in [2.75, 3.05) is 32.2 Å². The highest BCUT2D eigenvalue weighted by Gasteiger charge is 2.26. The van der Waals surface area contributed by atoms with Gasteiger partial charge < -0.3 is 15.7 Å². The zero-order valence-electron chi connectivity index (χ0n) is 21.2. The topological polar surface area (TPSA) is 125 Å². The van der Waals surface area contributed by atoms with E-state index in [0.717, 1.165) is 10.9 Å². The number of halogens is 1. The maximum atomic E-state index is 12.5. The quantitative estimate of drug-likeness (QED) is 0.0990. The molecule has 3 N–H and O–H groups in total. The zero-order valence-corrected chi connectivity index (χ0v) is 23.6. The Labute approximate surface area is 228 Å². The standard InChI is InChI=1S/C25H34ClN4O5PS/c1-18(2)16-29(37-36(3)21-11-7-10-20(13-21)30(34)35)17-23(31)22(12-19-8-5-4-6-9-19)28-25(33)15-27-24(32)14-26/h4-11,13,18,22-23,31H,12,14-17H2,1-3H3,(H,27,32)(H,28,33)/t22-,23+,36?/m0/s1. The molecule has 2 amide bonds. The maximum absolute atomic E-state index is 12.5. The third-order valence-corrected chi connectivity index (χ3v) is 9.36. The molecule has 2 rings (SSSR count). The van der Waals surface area contributed by atoms with Gasteiger partial charge in [0.25, 0.3) is 5.69 Å². The summed E-state index contributed by atoms with van der Waals surface area (Å²) in [5, 5.41) is 28.6. The van der Waals surface area contributed by atoms with Crippen molar-refractivity contribution in [2.45, 2.75) is 32.4 Å². The minimum atomic E-state index is -0.910. The van der Waals surface area contributed by atoms with Gasteiger partial charge in [-0.3, -0.25) is 19.7 Å². The summed E-state index contributed by atoms with van der Waals surface area (Å²) in [5.41, 5.74) is 1.00. The monoisotopic (exact) mass is 568 g/mol. The molecule has 202 valence electrons. The molecule has 0 bridgehead atoms. The summed E-state index contributed by atoms with van der Waals surface area (Å²) >= 11 is 7.05. The molecule has 0 saturated carbocycles. The number of hydrogen-bond acceptors (Lipinski definition) is 7. The number of carbonyl (C=O) groups is 2. The van der Waals surface area contributed by atoms with E-state index in [1.807, 2.05) is 43.1 Å². The van der Waals surface area contributed by atoms with Crippen LogP contribution in [0.5, 0.6) is 0 Å². The Morgan fingerprint density at radius 1 is 1.14 bits per heavy atom. The number of nitrogens with one attached hydrogen (secondary N) is 2. The second kappa shape index (κ2) is 15.9. The van der Waals surface area contributed by atoms with Gasteiger partial charge in [-0.05, 0) is 48.6 Å². The second-order valence-electron chi connectivity index (χ2n) is 8.94. The third-order valence-electron chi connectivity index (χ3n) is 5.28. The van der Waals surface area contributed by atoms with E-state index in [1.54, 1.807) is 23.7 Å². The van der Waals surface area contributed by atoms with Crippen molar-refractivity contribution >= 4 is 53.1 Å². The van der Waals surface area contributed by atoms with Gasteiger partial charge in [0.1, 0.15) is 5.88 Å². The molecule has 0 heterocycles. The first kappa shape index (κ1) is 31.0. The first-order chi connectivity index (χ1) is 17.6. The molecular weight excluding hydrogens is 535 g/mol. The largest absolute Gasteiger partial charge is 0.390 e. The van der Waals surface area contributed by atoms with Crippen LogP contribution in [0, 0.1) is 16.0 Å². The van der Waals surface area contributed by atoms with E-state index in [9.17, 15) is 24.8 Å². The Balaban J connectivity index is 2.16. The molecule has 0 aliphatic heterocycles. The molecule has 0 aliphatic rings. The van der Waals surface area contributed by atoms with Gasteiger partial charge in [0.15, 0.2) is 0 Å². The number of nitrogens with zero attached hydrogens (tertiary/aromatic N) is 2. The van der Waals surface area contributed by atoms with Gasteiger partial charge in [0, 0.05) is 25.2 Å². The number of carbonyl (C=O) groups excluding carboxylic acids is 2. The Morgan fingerprint density at radius 3 is 2.46 bits per heavy atom. The molecule has 0 saturated heterocycles. The summed E-state index contributed by atoms with van der Waals surface area (Å²) in [5.74, 6) is -0.805. The van der Waals surface area contributed by atoms with Crippen LogP contribution in [0.4, 0.5) is 5.69 Å². The molecular formula is C25H34ClN4O5PS. The molecule has 0 radical (unpaired) electrons. The summed E-state index contributed by atoms with van der Waals surface area (Å²) in [6, 6.07) is 15.6. The van der Waals surface area contributed by atoms with Crippen molar-refractivity contribution in [3.05, 3.63) is 70.3 Å². The van der Waals surface area contributed by atoms with Crippen molar-refractivity contribution in [1.82, 2.24) is 14.9 Å². The molecule has 1 unspecified atom stereocenters. The van der Waals surface area contributed by atoms with Crippen molar-refractivity contribution in [3.8, 4) is 0 Å². The molecule has 37 heavy (non-hydrogen) atoms. The van der Waals surface area contributed by atoms with Crippen LogP contribution in [0.25, 0.3) is 0 Å². The second-order valence-corrected chi connectivity index (χ2v) is 13.5. The fourth-order valence-electron chi connectivity index (χ4n) is 3.54. The van der Waals surface area contributed by atoms with E-state index in [-0.39, 0.29) is 24.7 Å². The molecule has 0 spiro atoms. The number of aliphatic hydroxyl groups is 1. The van der Waals surface area contributed by atoms with E-state index in [4.69, 9.17) is 11.6 Å². The molecule has 2 aromatic rings. The van der Waals surface area contributed by atoms with Crippen LogP contribution >= 0.6 is 30.3 Å². The van der Waals surface area contributed by atoms with Crippen LogP contribution in [-0.2, 0) is 16.0 Å². The lowest BCUT2D eigenvalue weighted by atomic mass is 10.0. The number of alkyl halides is 1. The SMILES string of the molecule is CC(C)CN(C[C@@H](O)[C@H](Cc1ccccc1)NC(=O)CNC(=O)CCl)SP(C)c1cccc([N+](=O)[O-])c1. The van der Waals surface area contributed by atoms with E-state index < -0.39 is 36.0 Å². The molecule has 0 fully saturated rings. The first-order valence-corrected chi connectivity index (χ1v) is 15.5. The number of hydrogen-bond donors (Lipinski definition) is 3. The minimum absolute atomic E-state index is 0.0507. The van der Waals surface area contributed by atoms with Crippen LogP contribution < -0.4 is 15.9 Å². The Bertz CT molecular complexity index is 1030. The smallest absolute Gasteiger partial charge is 0.270 e. The molecule has 0 aliphatic carbocycles. The van der Waals surface area contributed by atoms with E-state index >= 15 is 0 Å². The van der Waals surface area contributed by atoms with Crippen molar-refractivity contribution in [2.24, 2.45) is 5.92 Å². The van der Waals surface area contributed by atoms with Crippen molar-refractivity contribution in [1.29, 1.82) is 0 Å². The van der Waals surface area contributed by atoms with Crippen LogP contribution in [0.1, 0.15) is 19.4 Å². The van der Waals surface area contributed by atoms with Gasteiger partial charge in [0.2, 0.25) is 11.8 Å². The summed E-state index contributed by atoms with van der Waals surface area (Å²) in [7, 11) is -0.837. The number of nitro benzene ring substituents is 1. The Morgan fingerprint density at radius 2 is 1.84 bits per heavy atom. The van der Waals surface area contributed by atoms with Crippen LogP contribution in [-0.4, -0.2) is 70.5 Å². The van der Waals surface area contributed by atoms with Gasteiger partial charge in [-0.1, -0.05) is 56.3 Å². The summed E-state index contributed by atoms with van der Waals surface area (Å²) in [4.78, 5) is 34.8. The number of non-ortho nitro benzene ring substituents is 1. The zero-order chi connectivity index (χ0) is 27.4. The third kappa shape index (κ3) is 11.4. The van der Waals surface area contributed by atoms with E-state index in [1.165, 1.54) is 6.07 Å². The first-order valence-electron chi connectivity index (χ1n) is 11.8. The highest BCUT2D eigenvalue weighted by Crippen LogP contribution is 2.47. The van der Waals surface area contributed by atoms with Gasteiger partial charge in [-0.2, -0.15) is 0 Å². The highest BCUT2D eigenvalue weighted by atomic mass is 35.5. The fourth-order valence-corrected chi connectivity index (χ4v) is 7.33. The number of rotatable bonds is 15. The summed E-state index contributed by atoms with van der Waals surface area (Å²) < 4.78 is 2.07. The van der Waals surface area contributed by atoms with Crippen LogP contribution in [0.15, 0.2) is 54.6 Å². The van der Waals surface area contributed by atoms with Crippen molar-refractivity contribution < 1.29 is 19.6 Å². The average molecular weight is 569 g/mol. The van der Waals surface area contributed by atoms with Crippen molar-refractivity contribution in [3.63, 3.8) is 0 Å². The predicted molar refractivity (Wildman–Crippen MR) is 151 cm³/mol. The lowest BCUT2D eigenvalue weighted by Crippen LogP contribution is -2.51. The number of nitro groups is 1. The summed E-state index contributed by atoms with van der Waals surface area (Å²) in [6.07, 6.45) is -0.504. The normalized spacial score (nSPS) is 13.7. The van der Waals surface area contributed by atoms with E-state index in [0.29, 0.717) is 18.9 Å². The van der Waals surface area contributed by atoms with Gasteiger partial charge in [0.05, 0.1) is 23.6 Å². The van der Waals surface area contributed by atoms with Gasteiger partial charge in [-0.25, -0.2) is 4.31 Å².